The van der Waals surface area contributed by atoms with Crippen LogP contribution in [0.25, 0.3) is 0 Å². The van der Waals surface area contributed by atoms with E-state index in [2.05, 4.69) is 21.7 Å². The van der Waals surface area contributed by atoms with Crippen molar-refractivity contribution >= 4 is 17.8 Å². The molecular formula is C14H26N2O5. The maximum atomic E-state index is 12.0. The molecule has 1 atom stereocenters. The molecule has 0 aliphatic heterocycles. The van der Waals surface area contributed by atoms with Gasteiger partial charge in [0.1, 0.15) is 0 Å². The number of hydrogen-bond donors (Lipinski definition) is 1. The molecule has 0 aromatic rings. The molecule has 1 unspecified atom stereocenters. The van der Waals surface area contributed by atoms with Gasteiger partial charge in [0.25, 0.3) is 0 Å². The summed E-state index contributed by atoms with van der Waals surface area (Å²) in [5.74, 6) is -1.24. The van der Waals surface area contributed by atoms with Crippen LogP contribution >= 0.6 is 0 Å². The largest absolute Gasteiger partial charge is 0.468 e. The van der Waals surface area contributed by atoms with E-state index in [1.807, 2.05) is 0 Å². The van der Waals surface area contributed by atoms with Crippen LogP contribution in [0.1, 0.15) is 33.1 Å². The van der Waals surface area contributed by atoms with Crippen LogP contribution in [-0.4, -0.2) is 62.6 Å². The fourth-order valence-electron chi connectivity index (χ4n) is 1.69. The van der Waals surface area contributed by atoms with Crippen molar-refractivity contribution in [2.45, 2.75) is 39.2 Å². The first-order chi connectivity index (χ1) is 9.96. The zero-order chi connectivity index (χ0) is 16.3. The highest BCUT2D eigenvalue weighted by Crippen LogP contribution is 2.01. The maximum Gasteiger partial charge on any atom is 0.319 e. The SMILES string of the molecule is CCCCCNC(=O)C(C)N(CC(=O)OC)CC(=O)OC. The van der Waals surface area contributed by atoms with Gasteiger partial charge in [-0.25, -0.2) is 0 Å². The van der Waals surface area contributed by atoms with Crippen LogP contribution in [0.2, 0.25) is 0 Å². The third kappa shape index (κ3) is 8.29. The fourth-order valence-corrected chi connectivity index (χ4v) is 1.69. The zero-order valence-corrected chi connectivity index (χ0v) is 13.3. The van der Waals surface area contributed by atoms with Gasteiger partial charge in [-0.3, -0.25) is 19.3 Å². The van der Waals surface area contributed by atoms with Crippen LogP contribution < -0.4 is 5.32 Å². The Hall–Kier alpha value is -1.63. The monoisotopic (exact) mass is 302 g/mol. The summed E-state index contributed by atoms with van der Waals surface area (Å²) in [6.45, 7) is 4.02. The number of unbranched alkanes of at least 4 members (excludes halogenated alkanes) is 2. The van der Waals surface area contributed by atoms with Gasteiger partial charge in [0.2, 0.25) is 5.91 Å². The number of carbonyl (C=O) groups excluding carboxylic acids is 3. The summed E-state index contributed by atoms with van der Waals surface area (Å²) in [6.07, 6.45) is 3.02. The van der Waals surface area contributed by atoms with Crippen molar-refractivity contribution in [2.24, 2.45) is 0 Å². The third-order valence-electron chi connectivity index (χ3n) is 3.13. The lowest BCUT2D eigenvalue weighted by atomic mass is 10.2. The Morgan fingerprint density at radius 3 is 2.00 bits per heavy atom. The van der Waals surface area contributed by atoms with Gasteiger partial charge in [0, 0.05) is 6.54 Å². The summed E-state index contributed by atoms with van der Waals surface area (Å²) in [5, 5.41) is 2.80. The van der Waals surface area contributed by atoms with Gasteiger partial charge in [-0.1, -0.05) is 19.8 Å². The molecule has 1 N–H and O–H groups in total. The second-order valence-electron chi connectivity index (χ2n) is 4.73. The van der Waals surface area contributed by atoms with Crippen LogP contribution in [0.5, 0.6) is 0 Å². The second-order valence-corrected chi connectivity index (χ2v) is 4.73. The maximum absolute atomic E-state index is 12.0. The molecule has 0 saturated heterocycles. The van der Waals surface area contributed by atoms with Crippen molar-refractivity contribution in [3.63, 3.8) is 0 Å². The quantitative estimate of drug-likeness (QED) is 0.462. The Kier molecular flexibility index (Phi) is 10.2. The molecule has 0 aliphatic rings. The molecule has 0 rings (SSSR count). The number of amides is 1. The van der Waals surface area contributed by atoms with Crippen LogP contribution in [0, 0.1) is 0 Å². The van der Waals surface area contributed by atoms with Crippen molar-refractivity contribution in [1.29, 1.82) is 0 Å². The third-order valence-corrected chi connectivity index (χ3v) is 3.13. The molecule has 0 aromatic heterocycles. The first-order valence-corrected chi connectivity index (χ1v) is 7.11. The highest BCUT2D eigenvalue weighted by Gasteiger charge is 2.25. The molecule has 0 aliphatic carbocycles. The standard InChI is InChI=1S/C14H26N2O5/c1-5-6-7-8-15-14(19)11(2)16(9-12(17)20-3)10-13(18)21-4/h11H,5-10H2,1-4H3,(H,15,19). The van der Waals surface area contributed by atoms with E-state index in [-0.39, 0.29) is 19.0 Å². The van der Waals surface area contributed by atoms with Crippen LogP contribution in [-0.2, 0) is 23.9 Å². The van der Waals surface area contributed by atoms with E-state index in [0.717, 1.165) is 19.3 Å². The predicted octanol–water partition coefficient (Wildman–Crippen LogP) is 0.329. The predicted molar refractivity (Wildman–Crippen MR) is 77.6 cm³/mol. The zero-order valence-electron chi connectivity index (χ0n) is 13.3. The van der Waals surface area contributed by atoms with E-state index in [4.69, 9.17) is 0 Å². The van der Waals surface area contributed by atoms with E-state index in [1.54, 1.807) is 6.92 Å². The van der Waals surface area contributed by atoms with E-state index in [9.17, 15) is 14.4 Å². The minimum absolute atomic E-state index is 0.144. The van der Waals surface area contributed by atoms with Gasteiger partial charge < -0.3 is 14.8 Å². The molecule has 7 heteroatoms. The normalized spacial score (nSPS) is 11.9. The van der Waals surface area contributed by atoms with Gasteiger partial charge in [-0.05, 0) is 13.3 Å². The van der Waals surface area contributed by atoms with Crippen LogP contribution in [0.15, 0.2) is 0 Å². The second kappa shape index (κ2) is 11.1. The molecule has 0 saturated carbocycles. The van der Waals surface area contributed by atoms with E-state index in [1.165, 1.54) is 19.1 Å². The first kappa shape index (κ1) is 19.4. The smallest absolute Gasteiger partial charge is 0.319 e. The van der Waals surface area contributed by atoms with E-state index >= 15 is 0 Å². The average molecular weight is 302 g/mol. The highest BCUT2D eigenvalue weighted by molar-refractivity contribution is 5.83. The van der Waals surface area contributed by atoms with E-state index < -0.39 is 18.0 Å². The van der Waals surface area contributed by atoms with Gasteiger partial charge in [-0.2, -0.15) is 0 Å². The Balaban J connectivity index is 4.52. The van der Waals surface area contributed by atoms with Gasteiger partial charge in [-0.15, -0.1) is 0 Å². The van der Waals surface area contributed by atoms with Crippen molar-refractivity contribution in [3.8, 4) is 0 Å². The number of nitrogens with one attached hydrogen (secondary N) is 1. The number of rotatable bonds is 10. The van der Waals surface area contributed by atoms with E-state index in [0.29, 0.717) is 6.54 Å². The molecule has 0 heterocycles. The van der Waals surface area contributed by atoms with Crippen molar-refractivity contribution in [2.75, 3.05) is 33.9 Å². The summed E-state index contributed by atoms with van der Waals surface area (Å²) >= 11 is 0. The minimum Gasteiger partial charge on any atom is -0.468 e. The lowest BCUT2D eigenvalue weighted by Crippen LogP contribution is -2.49. The number of esters is 2. The number of ether oxygens (including phenoxy) is 2. The number of methoxy groups -OCH3 is 2. The summed E-state index contributed by atoms with van der Waals surface area (Å²) < 4.78 is 9.15. The average Bonchev–Trinajstić information content (AvgIpc) is 2.49. The molecule has 0 bridgehead atoms. The fraction of sp³-hybridized carbons (Fsp3) is 0.786. The Morgan fingerprint density at radius 2 is 1.57 bits per heavy atom. The van der Waals surface area contributed by atoms with Gasteiger partial charge in [0.05, 0.1) is 33.4 Å². The summed E-state index contributed by atoms with van der Waals surface area (Å²) in [5.41, 5.74) is 0. The van der Waals surface area contributed by atoms with Crippen LogP contribution in [0.4, 0.5) is 0 Å². The first-order valence-electron chi connectivity index (χ1n) is 7.11. The molecule has 0 spiro atoms. The van der Waals surface area contributed by atoms with Crippen molar-refractivity contribution in [3.05, 3.63) is 0 Å². The van der Waals surface area contributed by atoms with Gasteiger partial charge in [0.15, 0.2) is 0 Å². The molecule has 1 amide bonds. The molecule has 0 radical (unpaired) electrons. The number of carbonyl (C=O) groups is 3. The minimum atomic E-state index is -0.621. The highest BCUT2D eigenvalue weighted by atomic mass is 16.5. The summed E-state index contributed by atoms with van der Waals surface area (Å²) in [6, 6.07) is -0.621. The van der Waals surface area contributed by atoms with Crippen molar-refractivity contribution < 1.29 is 23.9 Å². The molecular weight excluding hydrogens is 276 g/mol. The molecule has 0 aromatic carbocycles. The molecule has 21 heavy (non-hydrogen) atoms. The number of hydrogen-bond acceptors (Lipinski definition) is 6. The summed E-state index contributed by atoms with van der Waals surface area (Å²) in [7, 11) is 2.52. The molecule has 122 valence electrons. The number of nitrogens with zero attached hydrogens (tertiary/aromatic N) is 1. The Morgan fingerprint density at radius 1 is 1.05 bits per heavy atom. The topological polar surface area (TPSA) is 84.9 Å². The van der Waals surface area contributed by atoms with Crippen LogP contribution in [0.3, 0.4) is 0 Å². The Labute approximate surface area is 126 Å². The van der Waals surface area contributed by atoms with Gasteiger partial charge >= 0.3 is 11.9 Å². The van der Waals surface area contributed by atoms with Crippen molar-refractivity contribution in [1.82, 2.24) is 10.2 Å². The molecule has 0 fully saturated rings. The lowest BCUT2D eigenvalue weighted by molar-refractivity contribution is -0.147. The summed E-state index contributed by atoms with van der Waals surface area (Å²) in [4.78, 5) is 36.2. The Bertz CT molecular complexity index is 328. The molecule has 7 nitrogen and oxygen atoms in total. The lowest BCUT2D eigenvalue weighted by Gasteiger charge is -2.25.